The van der Waals surface area contributed by atoms with E-state index in [-0.39, 0.29) is 11.9 Å². The summed E-state index contributed by atoms with van der Waals surface area (Å²) >= 11 is 0. The van der Waals surface area contributed by atoms with E-state index in [0.29, 0.717) is 17.8 Å². The second-order valence-corrected chi connectivity index (χ2v) is 4.97. The Bertz CT molecular complexity index is 621. The van der Waals surface area contributed by atoms with Crippen molar-refractivity contribution < 1.29 is 4.79 Å². The molecule has 0 saturated carbocycles. The zero-order valence-corrected chi connectivity index (χ0v) is 10.9. The summed E-state index contributed by atoms with van der Waals surface area (Å²) in [6.45, 7) is 3.22. The first kappa shape index (κ1) is 12.1. The third-order valence-electron chi connectivity index (χ3n) is 3.76. The van der Waals surface area contributed by atoms with Crippen molar-refractivity contribution in [1.29, 1.82) is 0 Å². The molecule has 100 valence electrons. The van der Waals surface area contributed by atoms with Gasteiger partial charge in [0.05, 0.1) is 5.56 Å². The van der Waals surface area contributed by atoms with Gasteiger partial charge in [0.2, 0.25) is 0 Å². The lowest BCUT2D eigenvalue weighted by Gasteiger charge is -2.23. The molecule has 3 N–H and O–H groups in total. The van der Waals surface area contributed by atoms with Crippen molar-refractivity contribution in [2.45, 2.75) is 25.8 Å². The van der Waals surface area contributed by atoms with Crippen LogP contribution in [-0.4, -0.2) is 45.1 Å². The Hall–Kier alpha value is -1.95. The number of aromatic nitrogens is 3. The minimum absolute atomic E-state index is 0.0166. The molecule has 1 aliphatic rings. The van der Waals surface area contributed by atoms with Crippen LogP contribution in [-0.2, 0) is 0 Å². The number of hydrogen-bond acceptors (Lipinski definition) is 4. The average molecular weight is 259 g/mol. The van der Waals surface area contributed by atoms with Crippen LogP contribution in [0.1, 0.15) is 28.9 Å². The van der Waals surface area contributed by atoms with Crippen molar-refractivity contribution in [3.63, 3.8) is 0 Å². The first-order valence-corrected chi connectivity index (χ1v) is 6.52. The van der Waals surface area contributed by atoms with Crippen molar-refractivity contribution in [3.8, 4) is 0 Å². The molecule has 3 heterocycles. The van der Waals surface area contributed by atoms with E-state index in [4.69, 9.17) is 5.73 Å². The lowest BCUT2D eigenvalue weighted by Crippen LogP contribution is -2.39. The molecule has 0 bridgehead atoms. The second kappa shape index (κ2) is 4.62. The number of nitrogens with one attached hydrogen (secondary N) is 1. The van der Waals surface area contributed by atoms with Gasteiger partial charge in [-0.1, -0.05) is 0 Å². The summed E-state index contributed by atoms with van der Waals surface area (Å²) in [5.74, 6) is 0.0166. The van der Waals surface area contributed by atoms with Gasteiger partial charge >= 0.3 is 0 Å². The number of H-pyrrole nitrogens is 1. The van der Waals surface area contributed by atoms with Crippen LogP contribution in [0.5, 0.6) is 0 Å². The number of likely N-dealkylation sites (tertiary alicyclic amines) is 1. The zero-order valence-electron chi connectivity index (χ0n) is 10.9. The quantitative estimate of drug-likeness (QED) is 0.836. The van der Waals surface area contributed by atoms with Crippen LogP contribution in [0.15, 0.2) is 12.3 Å². The van der Waals surface area contributed by atoms with Gasteiger partial charge in [0.15, 0.2) is 5.65 Å². The van der Waals surface area contributed by atoms with Crippen LogP contribution in [0.25, 0.3) is 11.0 Å². The fourth-order valence-electron chi connectivity index (χ4n) is 2.65. The molecule has 6 heteroatoms. The Labute approximate surface area is 111 Å². The van der Waals surface area contributed by atoms with Gasteiger partial charge in [-0.3, -0.25) is 9.89 Å². The fraction of sp³-hybridized carbons (Fsp3) is 0.462. The van der Waals surface area contributed by atoms with E-state index >= 15 is 0 Å². The molecule has 1 aliphatic heterocycles. The van der Waals surface area contributed by atoms with Gasteiger partial charge < -0.3 is 10.6 Å². The standard InChI is InChI=1S/C13H17N5O/c1-8-11-5-9(7-15-12(11)17-16-8)13(19)18-4-2-3-10(18)6-14/h5,7,10H,2-4,6,14H2,1H3,(H,15,16,17). The molecule has 2 aromatic heterocycles. The van der Waals surface area contributed by atoms with Crippen LogP contribution in [0.4, 0.5) is 0 Å². The Morgan fingerprint density at radius 2 is 2.47 bits per heavy atom. The summed E-state index contributed by atoms with van der Waals surface area (Å²) in [7, 11) is 0. The van der Waals surface area contributed by atoms with E-state index in [1.807, 2.05) is 17.9 Å². The number of hydrogen-bond donors (Lipinski definition) is 2. The summed E-state index contributed by atoms with van der Waals surface area (Å²) < 4.78 is 0. The molecule has 1 unspecified atom stereocenters. The SMILES string of the molecule is Cc1[nH]nc2ncc(C(=O)N3CCCC3CN)cc12. The highest BCUT2D eigenvalue weighted by Gasteiger charge is 2.28. The number of carbonyl (C=O) groups excluding carboxylic acids is 1. The van der Waals surface area contributed by atoms with Crippen LogP contribution in [0, 0.1) is 6.92 Å². The number of pyridine rings is 1. The number of amides is 1. The van der Waals surface area contributed by atoms with Gasteiger partial charge in [-0.2, -0.15) is 5.10 Å². The molecule has 1 fully saturated rings. The average Bonchev–Trinajstić information content (AvgIpc) is 3.04. The number of rotatable bonds is 2. The predicted molar refractivity (Wildman–Crippen MR) is 71.7 cm³/mol. The molecule has 1 amide bonds. The van der Waals surface area contributed by atoms with Gasteiger partial charge in [-0.05, 0) is 25.8 Å². The highest BCUT2D eigenvalue weighted by atomic mass is 16.2. The molecule has 0 aliphatic carbocycles. The highest BCUT2D eigenvalue weighted by Crippen LogP contribution is 2.21. The summed E-state index contributed by atoms with van der Waals surface area (Å²) in [5.41, 5.74) is 7.89. The molecule has 3 rings (SSSR count). The monoisotopic (exact) mass is 259 g/mol. The maximum absolute atomic E-state index is 12.5. The maximum atomic E-state index is 12.5. The van der Waals surface area contributed by atoms with Gasteiger partial charge in [-0.25, -0.2) is 4.98 Å². The Balaban J connectivity index is 1.94. The van der Waals surface area contributed by atoms with Crippen LogP contribution in [0.2, 0.25) is 0 Å². The topological polar surface area (TPSA) is 87.9 Å². The smallest absolute Gasteiger partial charge is 0.255 e. The van der Waals surface area contributed by atoms with Gasteiger partial charge in [0, 0.05) is 36.4 Å². The fourth-order valence-corrected chi connectivity index (χ4v) is 2.65. The van der Waals surface area contributed by atoms with Crippen LogP contribution < -0.4 is 5.73 Å². The Morgan fingerprint density at radius 1 is 1.63 bits per heavy atom. The third kappa shape index (κ3) is 1.98. The third-order valence-corrected chi connectivity index (χ3v) is 3.76. The molecule has 19 heavy (non-hydrogen) atoms. The van der Waals surface area contributed by atoms with Gasteiger partial charge in [-0.15, -0.1) is 0 Å². The van der Waals surface area contributed by atoms with Gasteiger partial charge in [0.25, 0.3) is 5.91 Å². The molecular formula is C13H17N5O. The highest BCUT2D eigenvalue weighted by molar-refractivity contribution is 5.97. The summed E-state index contributed by atoms with van der Waals surface area (Å²) in [4.78, 5) is 18.6. The van der Waals surface area contributed by atoms with E-state index in [2.05, 4.69) is 15.2 Å². The molecule has 1 saturated heterocycles. The molecule has 0 radical (unpaired) electrons. The van der Waals surface area contributed by atoms with Crippen molar-refractivity contribution in [3.05, 3.63) is 23.5 Å². The normalized spacial score (nSPS) is 19.3. The zero-order chi connectivity index (χ0) is 13.4. The number of carbonyl (C=O) groups is 1. The first-order chi connectivity index (χ1) is 9.20. The summed E-state index contributed by atoms with van der Waals surface area (Å²) in [6, 6.07) is 2.02. The number of aromatic amines is 1. The molecule has 2 aromatic rings. The number of aryl methyl sites for hydroxylation is 1. The first-order valence-electron chi connectivity index (χ1n) is 6.52. The van der Waals surface area contributed by atoms with Crippen LogP contribution >= 0.6 is 0 Å². The largest absolute Gasteiger partial charge is 0.334 e. The molecule has 0 spiro atoms. The Morgan fingerprint density at radius 3 is 3.26 bits per heavy atom. The second-order valence-electron chi connectivity index (χ2n) is 4.97. The lowest BCUT2D eigenvalue weighted by molar-refractivity contribution is 0.0741. The van der Waals surface area contributed by atoms with Crippen LogP contribution in [0.3, 0.4) is 0 Å². The van der Waals surface area contributed by atoms with Gasteiger partial charge in [0.1, 0.15) is 0 Å². The molecular weight excluding hydrogens is 242 g/mol. The van der Waals surface area contributed by atoms with E-state index in [9.17, 15) is 4.79 Å². The molecule has 6 nitrogen and oxygen atoms in total. The summed E-state index contributed by atoms with van der Waals surface area (Å²) in [6.07, 6.45) is 3.60. The minimum atomic E-state index is 0.0166. The predicted octanol–water partition coefficient (Wildman–Crippen LogP) is 0.830. The maximum Gasteiger partial charge on any atom is 0.255 e. The minimum Gasteiger partial charge on any atom is -0.334 e. The molecule has 0 aromatic carbocycles. The lowest BCUT2D eigenvalue weighted by atomic mass is 10.1. The van der Waals surface area contributed by atoms with Crippen molar-refractivity contribution in [2.24, 2.45) is 5.73 Å². The van der Waals surface area contributed by atoms with E-state index in [1.54, 1.807) is 6.20 Å². The summed E-state index contributed by atoms with van der Waals surface area (Å²) in [5, 5.41) is 7.84. The number of fused-ring (bicyclic) bond motifs is 1. The van der Waals surface area contributed by atoms with Crippen molar-refractivity contribution in [2.75, 3.05) is 13.1 Å². The Kier molecular flexibility index (Phi) is 2.94. The number of nitrogens with zero attached hydrogens (tertiary/aromatic N) is 3. The van der Waals surface area contributed by atoms with Crippen molar-refractivity contribution >= 4 is 16.9 Å². The van der Waals surface area contributed by atoms with E-state index in [1.165, 1.54) is 0 Å². The van der Waals surface area contributed by atoms with Crippen molar-refractivity contribution in [1.82, 2.24) is 20.1 Å². The molecule has 1 atom stereocenters. The number of nitrogens with two attached hydrogens (primary N) is 1. The van der Waals surface area contributed by atoms with E-state index in [0.717, 1.165) is 30.5 Å². The van der Waals surface area contributed by atoms with E-state index < -0.39 is 0 Å².